The highest BCUT2D eigenvalue weighted by molar-refractivity contribution is 14.0. The number of guanidine groups is 1. The Morgan fingerprint density at radius 1 is 1.42 bits per heavy atom. The molecule has 1 saturated heterocycles. The zero-order valence-electron chi connectivity index (χ0n) is 15.9. The highest BCUT2D eigenvalue weighted by Gasteiger charge is 2.19. The first-order valence-corrected chi connectivity index (χ1v) is 9.73. The minimum atomic E-state index is 0. The van der Waals surface area contributed by atoms with Gasteiger partial charge in [0.25, 0.3) is 0 Å². The molecule has 1 N–H and O–H groups in total. The molecule has 1 fully saturated rings. The lowest BCUT2D eigenvalue weighted by Crippen LogP contribution is -2.46. The molecule has 0 bridgehead atoms. The van der Waals surface area contributed by atoms with Crippen molar-refractivity contribution in [1.29, 1.82) is 0 Å². The summed E-state index contributed by atoms with van der Waals surface area (Å²) in [5.41, 5.74) is 1.12. The van der Waals surface area contributed by atoms with Crippen molar-refractivity contribution < 1.29 is 4.79 Å². The largest absolute Gasteiger partial charge is 0.356 e. The van der Waals surface area contributed by atoms with E-state index in [1.807, 2.05) is 38.4 Å². The maximum atomic E-state index is 12.4. The first kappa shape index (κ1) is 23.2. The Labute approximate surface area is 182 Å². The second-order valence-electron chi connectivity index (χ2n) is 6.76. The molecule has 0 saturated carbocycles. The van der Waals surface area contributed by atoms with Gasteiger partial charge in [-0.05, 0) is 30.4 Å². The summed E-state index contributed by atoms with van der Waals surface area (Å²) in [6.45, 7) is 5.57. The zero-order chi connectivity index (χ0) is 18.2. The number of likely N-dealkylation sites (tertiary alicyclic amines) is 1. The first-order valence-electron chi connectivity index (χ1n) is 8.94. The van der Waals surface area contributed by atoms with Gasteiger partial charge >= 0.3 is 0 Å². The van der Waals surface area contributed by atoms with Crippen LogP contribution in [0.2, 0.25) is 0 Å². The van der Waals surface area contributed by atoms with Crippen molar-refractivity contribution in [3.8, 4) is 0 Å². The normalized spacial score (nSPS) is 17.5. The van der Waals surface area contributed by atoms with Gasteiger partial charge in [-0.1, -0.05) is 41.1 Å². The molecule has 0 aliphatic carbocycles. The molecule has 1 amide bonds. The molecule has 1 atom stereocenters. The number of rotatable bonds is 5. The third-order valence-corrected chi connectivity index (χ3v) is 5.36. The van der Waals surface area contributed by atoms with Crippen molar-refractivity contribution >= 4 is 51.8 Å². The van der Waals surface area contributed by atoms with Gasteiger partial charge < -0.3 is 15.1 Å². The molecule has 5 nitrogen and oxygen atoms in total. The number of nitrogens with one attached hydrogen (secondary N) is 1. The second kappa shape index (κ2) is 11.8. The molecule has 146 valence electrons. The van der Waals surface area contributed by atoms with E-state index in [9.17, 15) is 4.79 Å². The summed E-state index contributed by atoms with van der Waals surface area (Å²) in [5, 5.41) is 3.34. The maximum Gasteiger partial charge on any atom is 0.224 e. The fourth-order valence-corrected chi connectivity index (χ4v) is 3.57. The Bertz CT molecular complexity index is 611. The number of piperidine rings is 1. The molecule has 1 aromatic carbocycles. The molecule has 7 heteroatoms. The van der Waals surface area contributed by atoms with Crippen LogP contribution in [-0.4, -0.2) is 55.4 Å². The van der Waals surface area contributed by atoms with Crippen LogP contribution < -0.4 is 5.32 Å². The van der Waals surface area contributed by atoms with Crippen LogP contribution in [0.3, 0.4) is 0 Å². The van der Waals surface area contributed by atoms with Crippen LogP contribution in [0, 0.1) is 5.92 Å². The summed E-state index contributed by atoms with van der Waals surface area (Å²) in [5.74, 6) is 1.74. The fraction of sp³-hybridized carbons (Fsp3) is 0.579. The standard InChI is InChI=1S/C19H29BrN4O.HI/c1-15-7-6-12-24(13-15)19(21-2)22-11-10-18(25)23(3)14-16-8-4-5-9-17(16)20;/h4-5,8-9,15H,6-7,10-14H2,1-3H3,(H,21,22);1H. The lowest BCUT2D eigenvalue weighted by Gasteiger charge is -2.33. The molecule has 0 radical (unpaired) electrons. The van der Waals surface area contributed by atoms with E-state index in [1.165, 1.54) is 12.8 Å². The second-order valence-corrected chi connectivity index (χ2v) is 7.61. The Kier molecular flexibility index (Phi) is 10.5. The summed E-state index contributed by atoms with van der Waals surface area (Å²) in [7, 11) is 3.66. The molecule has 1 aromatic rings. The topological polar surface area (TPSA) is 47.9 Å². The number of carbonyl (C=O) groups is 1. The van der Waals surface area contributed by atoms with Gasteiger partial charge in [0.2, 0.25) is 5.91 Å². The smallest absolute Gasteiger partial charge is 0.224 e. The van der Waals surface area contributed by atoms with Crippen LogP contribution in [0.5, 0.6) is 0 Å². The molecule has 2 rings (SSSR count). The summed E-state index contributed by atoms with van der Waals surface area (Å²) < 4.78 is 1.03. The number of aliphatic imine (C=N–C) groups is 1. The lowest BCUT2D eigenvalue weighted by molar-refractivity contribution is -0.130. The number of carbonyl (C=O) groups excluding carboxylic acids is 1. The van der Waals surface area contributed by atoms with E-state index in [4.69, 9.17) is 0 Å². The van der Waals surface area contributed by atoms with Gasteiger partial charge in [-0.2, -0.15) is 0 Å². The van der Waals surface area contributed by atoms with Gasteiger partial charge in [0, 0.05) is 51.2 Å². The predicted molar refractivity (Wildman–Crippen MR) is 122 cm³/mol. The number of halogens is 2. The van der Waals surface area contributed by atoms with Crippen LogP contribution in [0.25, 0.3) is 0 Å². The molecule has 1 heterocycles. The first-order chi connectivity index (χ1) is 12.0. The third-order valence-electron chi connectivity index (χ3n) is 4.58. The van der Waals surface area contributed by atoms with Gasteiger partial charge in [-0.3, -0.25) is 9.79 Å². The number of hydrogen-bond acceptors (Lipinski definition) is 2. The van der Waals surface area contributed by atoms with Crippen molar-refractivity contribution in [3.63, 3.8) is 0 Å². The summed E-state index contributed by atoms with van der Waals surface area (Å²) in [4.78, 5) is 20.8. The minimum absolute atomic E-state index is 0. The highest BCUT2D eigenvalue weighted by atomic mass is 127. The average molecular weight is 537 g/mol. The highest BCUT2D eigenvalue weighted by Crippen LogP contribution is 2.17. The van der Waals surface area contributed by atoms with Gasteiger partial charge in [-0.25, -0.2) is 0 Å². The van der Waals surface area contributed by atoms with Gasteiger partial charge in [0.1, 0.15) is 0 Å². The Balaban J connectivity index is 0.00000338. The van der Waals surface area contributed by atoms with Crippen molar-refractivity contribution in [1.82, 2.24) is 15.1 Å². The lowest BCUT2D eigenvalue weighted by atomic mass is 10.0. The number of hydrogen-bond donors (Lipinski definition) is 1. The van der Waals surface area contributed by atoms with Crippen molar-refractivity contribution in [2.45, 2.75) is 32.7 Å². The maximum absolute atomic E-state index is 12.4. The summed E-state index contributed by atoms with van der Waals surface area (Å²) >= 11 is 3.53. The van der Waals surface area contributed by atoms with E-state index >= 15 is 0 Å². The molecular formula is C19H30BrIN4O. The van der Waals surface area contributed by atoms with E-state index in [0.29, 0.717) is 25.4 Å². The fourth-order valence-electron chi connectivity index (χ4n) is 3.16. The average Bonchev–Trinajstić information content (AvgIpc) is 2.60. The zero-order valence-corrected chi connectivity index (χ0v) is 19.8. The van der Waals surface area contributed by atoms with E-state index in [2.05, 4.69) is 38.1 Å². The summed E-state index contributed by atoms with van der Waals surface area (Å²) in [6, 6.07) is 8.00. The van der Waals surface area contributed by atoms with E-state index in [0.717, 1.165) is 29.1 Å². The SMILES string of the molecule is CN=C(NCCC(=O)N(C)Cc1ccccc1Br)N1CCCC(C)C1.I. The number of nitrogens with zero attached hydrogens (tertiary/aromatic N) is 3. The molecule has 26 heavy (non-hydrogen) atoms. The van der Waals surface area contributed by atoms with Crippen LogP contribution in [-0.2, 0) is 11.3 Å². The number of benzene rings is 1. The quantitative estimate of drug-likeness (QED) is 0.354. The van der Waals surface area contributed by atoms with Gasteiger partial charge in [0.05, 0.1) is 0 Å². The number of amides is 1. The Hall–Kier alpha value is -0.830. The molecule has 0 aromatic heterocycles. The Morgan fingerprint density at radius 2 is 2.15 bits per heavy atom. The molecule has 0 spiro atoms. The van der Waals surface area contributed by atoms with Crippen LogP contribution >= 0.6 is 39.9 Å². The van der Waals surface area contributed by atoms with Crippen molar-refractivity contribution in [2.24, 2.45) is 10.9 Å². The molecule has 1 aliphatic rings. The van der Waals surface area contributed by atoms with E-state index in [-0.39, 0.29) is 29.9 Å². The monoisotopic (exact) mass is 536 g/mol. The van der Waals surface area contributed by atoms with Crippen LogP contribution in [0.4, 0.5) is 0 Å². The van der Waals surface area contributed by atoms with E-state index < -0.39 is 0 Å². The van der Waals surface area contributed by atoms with Crippen LogP contribution in [0.15, 0.2) is 33.7 Å². The van der Waals surface area contributed by atoms with Crippen molar-refractivity contribution in [2.75, 3.05) is 33.7 Å². The van der Waals surface area contributed by atoms with Crippen LogP contribution in [0.1, 0.15) is 31.7 Å². The summed E-state index contributed by atoms with van der Waals surface area (Å²) in [6.07, 6.45) is 2.95. The molecule has 1 aliphatic heterocycles. The predicted octanol–water partition coefficient (Wildman–Crippen LogP) is 3.72. The molecular weight excluding hydrogens is 507 g/mol. The molecule has 1 unspecified atom stereocenters. The van der Waals surface area contributed by atoms with Gasteiger partial charge in [-0.15, -0.1) is 24.0 Å². The van der Waals surface area contributed by atoms with E-state index in [1.54, 1.807) is 4.90 Å². The minimum Gasteiger partial charge on any atom is -0.356 e. The third kappa shape index (κ3) is 7.06. The van der Waals surface area contributed by atoms with Crippen molar-refractivity contribution in [3.05, 3.63) is 34.3 Å². The Morgan fingerprint density at radius 3 is 2.81 bits per heavy atom. The van der Waals surface area contributed by atoms with Gasteiger partial charge in [0.15, 0.2) is 5.96 Å².